The first-order chi connectivity index (χ1) is 10.0. The third kappa shape index (κ3) is 3.49. The van der Waals surface area contributed by atoms with Crippen LogP contribution in [0.2, 0.25) is 10.0 Å². The molecular weight excluding hydrogens is 311 g/mol. The number of rotatable bonds is 5. The van der Waals surface area contributed by atoms with Gasteiger partial charge in [0.15, 0.2) is 0 Å². The van der Waals surface area contributed by atoms with Gasteiger partial charge in [-0.1, -0.05) is 53.5 Å². The molecule has 110 valence electrons. The predicted molar refractivity (Wildman–Crippen MR) is 83.5 cm³/mol. The van der Waals surface area contributed by atoms with E-state index in [9.17, 15) is 9.90 Å². The van der Waals surface area contributed by atoms with Gasteiger partial charge in [0.25, 0.3) is 0 Å². The minimum Gasteiger partial charge on any atom is -0.496 e. The van der Waals surface area contributed by atoms with Gasteiger partial charge in [-0.3, -0.25) is 4.79 Å². The second kappa shape index (κ2) is 6.83. The summed E-state index contributed by atoms with van der Waals surface area (Å²) >= 11 is 12.1. The lowest BCUT2D eigenvalue weighted by Crippen LogP contribution is -2.15. The molecule has 0 aliphatic carbocycles. The first-order valence-electron chi connectivity index (χ1n) is 6.33. The average Bonchev–Trinajstić information content (AvgIpc) is 2.48. The number of carboxylic acid groups (broad SMARTS) is 1. The third-order valence-electron chi connectivity index (χ3n) is 3.27. The molecule has 0 aliphatic heterocycles. The summed E-state index contributed by atoms with van der Waals surface area (Å²) in [5.41, 5.74) is 1.31. The van der Waals surface area contributed by atoms with Crippen LogP contribution in [0.5, 0.6) is 5.75 Å². The van der Waals surface area contributed by atoms with Crippen LogP contribution in [0.25, 0.3) is 0 Å². The Balaban J connectivity index is 2.41. The van der Waals surface area contributed by atoms with Crippen LogP contribution >= 0.6 is 23.2 Å². The summed E-state index contributed by atoms with van der Waals surface area (Å²) in [6.07, 6.45) is 0.245. The topological polar surface area (TPSA) is 46.5 Å². The molecule has 0 bridgehead atoms. The Kier molecular flexibility index (Phi) is 5.10. The van der Waals surface area contributed by atoms with E-state index in [0.717, 1.165) is 0 Å². The van der Waals surface area contributed by atoms with E-state index in [-0.39, 0.29) is 6.42 Å². The number of carboxylic acids is 1. The van der Waals surface area contributed by atoms with Crippen molar-refractivity contribution < 1.29 is 14.6 Å². The van der Waals surface area contributed by atoms with Gasteiger partial charge in [0.2, 0.25) is 0 Å². The van der Waals surface area contributed by atoms with Crippen LogP contribution in [0.4, 0.5) is 0 Å². The lowest BCUT2D eigenvalue weighted by molar-refractivity contribution is -0.138. The fourth-order valence-corrected chi connectivity index (χ4v) is 2.61. The SMILES string of the molecule is COc1ccccc1C(Cc1cccc(Cl)c1Cl)C(=O)O. The highest BCUT2D eigenvalue weighted by Gasteiger charge is 2.24. The van der Waals surface area contributed by atoms with Crippen LogP contribution in [0.3, 0.4) is 0 Å². The standard InChI is InChI=1S/C16H14Cl2O3/c1-21-14-8-3-2-6-11(14)12(16(19)20)9-10-5-4-7-13(17)15(10)18/h2-8,12H,9H2,1H3,(H,19,20). The molecule has 0 spiro atoms. The molecule has 3 nitrogen and oxygen atoms in total. The molecule has 2 rings (SSSR count). The summed E-state index contributed by atoms with van der Waals surface area (Å²) in [6, 6.07) is 12.3. The number of aliphatic carboxylic acids is 1. The Hall–Kier alpha value is -1.71. The molecule has 0 saturated carbocycles. The molecule has 0 aromatic heterocycles. The van der Waals surface area contributed by atoms with Gasteiger partial charge in [-0.05, 0) is 24.1 Å². The fourth-order valence-electron chi connectivity index (χ4n) is 2.21. The lowest BCUT2D eigenvalue weighted by atomic mass is 9.91. The van der Waals surface area contributed by atoms with Crippen LogP contribution in [-0.4, -0.2) is 18.2 Å². The van der Waals surface area contributed by atoms with Gasteiger partial charge in [-0.2, -0.15) is 0 Å². The number of carbonyl (C=O) groups is 1. The zero-order chi connectivity index (χ0) is 15.4. The summed E-state index contributed by atoms with van der Waals surface area (Å²) in [5.74, 6) is -1.14. The number of methoxy groups -OCH3 is 1. The van der Waals surface area contributed by atoms with Crippen LogP contribution in [0.15, 0.2) is 42.5 Å². The van der Waals surface area contributed by atoms with Gasteiger partial charge in [0.1, 0.15) is 5.75 Å². The molecule has 0 amide bonds. The number of para-hydroxylation sites is 1. The lowest BCUT2D eigenvalue weighted by Gasteiger charge is -2.17. The molecule has 1 atom stereocenters. The Morgan fingerprint density at radius 1 is 1.19 bits per heavy atom. The molecule has 0 radical (unpaired) electrons. The van der Waals surface area contributed by atoms with E-state index in [0.29, 0.717) is 26.9 Å². The second-order valence-corrected chi connectivity index (χ2v) is 5.34. The van der Waals surface area contributed by atoms with Gasteiger partial charge >= 0.3 is 5.97 Å². The number of hydrogen-bond acceptors (Lipinski definition) is 2. The largest absolute Gasteiger partial charge is 0.496 e. The summed E-state index contributed by atoms with van der Waals surface area (Å²) in [6.45, 7) is 0. The van der Waals surface area contributed by atoms with Crippen molar-refractivity contribution in [3.63, 3.8) is 0 Å². The van der Waals surface area contributed by atoms with E-state index in [4.69, 9.17) is 27.9 Å². The van der Waals surface area contributed by atoms with Crippen molar-refractivity contribution in [2.75, 3.05) is 7.11 Å². The van der Waals surface area contributed by atoms with Gasteiger partial charge < -0.3 is 9.84 Å². The molecule has 2 aromatic carbocycles. The van der Waals surface area contributed by atoms with Crippen molar-refractivity contribution in [1.29, 1.82) is 0 Å². The molecular formula is C16H14Cl2O3. The van der Waals surface area contributed by atoms with Crippen molar-refractivity contribution in [2.45, 2.75) is 12.3 Å². The number of ether oxygens (including phenoxy) is 1. The highest BCUT2D eigenvalue weighted by atomic mass is 35.5. The van der Waals surface area contributed by atoms with Gasteiger partial charge in [-0.25, -0.2) is 0 Å². The van der Waals surface area contributed by atoms with Crippen molar-refractivity contribution in [1.82, 2.24) is 0 Å². The van der Waals surface area contributed by atoms with E-state index in [1.807, 2.05) is 0 Å². The van der Waals surface area contributed by atoms with E-state index in [2.05, 4.69) is 0 Å². The molecule has 1 unspecified atom stereocenters. The van der Waals surface area contributed by atoms with E-state index >= 15 is 0 Å². The second-order valence-electron chi connectivity index (χ2n) is 4.55. The summed E-state index contributed by atoms with van der Waals surface area (Å²) in [4.78, 5) is 11.6. The molecule has 5 heteroatoms. The molecule has 0 aliphatic rings. The third-order valence-corrected chi connectivity index (χ3v) is 4.13. The monoisotopic (exact) mass is 324 g/mol. The van der Waals surface area contributed by atoms with Gasteiger partial charge in [0.05, 0.1) is 23.1 Å². The minimum absolute atomic E-state index is 0.245. The first-order valence-corrected chi connectivity index (χ1v) is 7.08. The van der Waals surface area contributed by atoms with Crippen LogP contribution in [0, 0.1) is 0 Å². The van der Waals surface area contributed by atoms with Crippen LogP contribution < -0.4 is 4.74 Å². The number of benzene rings is 2. The minimum atomic E-state index is -0.935. The predicted octanol–water partition coefficient (Wildman–Crippen LogP) is 4.41. The molecule has 21 heavy (non-hydrogen) atoms. The highest BCUT2D eigenvalue weighted by molar-refractivity contribution is 6.42. The maximum Gasteiger partial charge on any atom is 0.311 e. The molecule has 0 fully saturated rings. The Morgan fingerprint density at radius 3 is 2.57 bits per heavy atom. The van der Waals surface area contributed by atoms with Crippen molar-refractivity contribution in [3.8, 4) is 5.75 Å². The smallest absolute Gasteiger partial charge is 0.311 e. The summed E-state index contributed by atoms with van der Waals surface area (Å²) in [7, 11) is 1.52. The fraction of sp³-hybridized carbons (Fsp3) is 0.188. The summed E-state index contributed by atoms with van der Waals surface area (Å²) in [5, 5.41) is 10.3. The zero-order valence-electron chi connectivity index (χ0n) is 11.3. The average molecular weight is 325 g/mol. The Bertz CT molecular complexity index is 656. The molecule has 2 aromatic rings. The maximum atomic E-state index is 11.6. The first kappa shape index (κ1) is 15.7. The zero-order valence-corrected chi connectivity index (χ0v) is 12.9. The van der Waals surface area contributed by atoms with Gasteiger partial charge in [0, 0.05) is 5.56 Å². The maximum absolute atomic E-state index is 11.6. The summed E-state index contributed by atoms with van der Waals surface area (Å²) < 4.78 is 5.25. The molecule has 0 heterocycles. The van der Waals surface area contributed by atoms with E-state index in [1.165, 1.54) is 7.11 Å². The van der Waals surface area contributed by atoms with Gasteiger partial charge in [-0.15, -0.1) is 0 Å². The van der Waals surface area contributed by atoms with E-state index < -0.39 is 11.9 Å². The number of halogens is 2. The quantitative estimate of drug-likeness (QED) is 0.885. The highest BCUT2D eigenvalue weighted by Crippen LogP contribution is 2.33. The van der Waals surface area contributed by atoms with Crippen molar-refractivity contribution in [2.24, 2.45) is 0 Å². The van der Waals surface area contributed by atoms with Crippen molar-refractivity contribution >= 4 is 29.2 Å². The Morgan fingerprint density at radius 2 is 1.90 bits per heavy atom. The number of hydrogen-bond donors (Lipinski definition) is 1. The molecule has 0 saturated heterocycles. The van der Waals surface area contributed by atoms with Crippen molar-refractivity contribution in [3.05, 3.63) is 63.6 Å². The Labute approximate surface area is 133 Å². The normalized spacial score (nSPS) is 12.0. The van der Waals surface area contributed by atoms with Crippen LogP contribution in [0.1, 0.15) is 17.0 Å². The molecule has 1 N–H and O–H groups in total. The van der Waals surface area contributed by atoms with Crippen LogP contribution in [-0.2, 0) is 11.2 Å². The van der Waals surface area contributed by atoms with E-state index in [1.54, 1.807) is 42.5 Å².